The van der Waals surface area contributed by atoms with Gasteiger partial charge >= 0.3 is 0 Å². The second kappa shape index (κ2) is 5.28. The number of carbonyl (C=O) groups excluding carboxylic acids is 1. The molecule has 0 aromatic carbocycles. The number of H-pyrrole nitrogens is 1. The minimum atomic E-state index is -0.189. The lowest BCUT2D eigenvalue weighted by Gasteiger charge is -2.36. The number of rotatable bonds is 4. The van der Waals surface area contributed by atoms with Crippen LogP contribution in [0.5, 0.6) is 0 Å². The molecule has 19 heavy (non-hydrogen) atoms. The monoisotopic (exact) mass is 266 g/mol. The predicted octanol–water partition coefficient (Wildman–Crippen LogP) is 1.09. The van der Waals surface area contributed by atoms with Crippen LogP contribution >= 0.6 is 0 Å². The van der Waals surface area contributed by atoms with Crippen molar-refractivity contribution in [2.24, 2.45) is 0 Å². The van der Waals surface area contributed by atoms with E-state index in [-0.39, 0.29) is 29.8 Å². The molecule has 1 aliphatic rings. The SMILES string of the molecule is CC(C)(C)c1nc(C(=O)N(CCO)C2CCC2)n[nH]1. The van der Waals surface area contributed by atoms with Crippen molar-refractivity contribution in [3.05, 3.63) is 11.6 Å². The lowest BCUT2D eigenvalue weighted by atomic mass is 9.91. The number of amides is 1. The van der Waals surface area contributed by atoms with Crippen molar-refractivity contribution >= 4 is 5.91 Å². The molecule has 1 amide bonds. The van der Waals surface area contributed by atoms with E-state index in [1.807, 2.05) is 20.8 Å². The molecule has 1 aromatic heterocycles. The largest absolute Gasteiger partial charge is 0.395 e. The highest BCUT2D eigenvalue weighted by atomic mass is 16.3. The Labute approximate surface area is 113 Å². The molecule has 1 heterocycles. The van der Waals surface area contributed by atoms with Crippen LogP contribution < -0.4 is 0 Å². The highest BCUT2D eigenvalue weighted by Crippen LogP contribution is 2.26. The number of hydrogen-bond acceptors (Lipinski definition) is 4. The van der Waals surface area contributed by atoms with E-state index in [4.69, 9.17) is 5.11 Å². The molecule has 1 aromatic rings. The summed E-state index contributed by atoms with van der Waals surface area (Å²) in [6.07, 6.45) is 3.14. The predicted molar refractivity (Wildman–Crippen MR) is 70.8 cm³/mol. The third-order valence-electron chi connectivity index (χ3n) is 3.50. The molecule has 6 nitrogen and oxygen atoms in total. The Hall–Kier alpha value is -1.43. The fourth-order valence-electron chi connectivity index (χ4n) is 2.08. The van der Waals surface area contributed by atoms with Crippen molar-refractivity contribution in [3.8, 4) is 0 Å². The third kappa shape index (κ3) is 2.94. The molecule has 0 bridgehead atoms. The zero-order valence-corrected chi connectivity index (χ0v) is 11.8. The second-order valence-corrected chi connectivity index (χ2v) is 6.06. The van der Waals surface area contributed by atoms with Gasteiger partial charge in [-0.25, -0.2) is 4.98 Å². The van der Waals surface area contributed by atoms with Crippen LogP contribution in [0.4, 0.5) is 0 Å². The number of aliphatic hydroxyl groups is 1. The molecule has 0 radical (unpaired) electrons. The summed E-state index contributed by atoms with van der Waals surface area (Å²) in [6, 6.07) is 0.233. The molecule has 0 atom stereocenters. The third-order valence-corrected chi connectivity index (χ3v) is 3.50. The summed E-state index contributed by atoms with van der Waals surface area (Å²) < 4.78 is 0. The highest BCUT2D eigenvalue weighted by Gasteiger charge is 2.31. The molecule has 1 aliphatic carbocycles. The van der Waals surface area contributed by atoms with Gasteiger partial charge in [0.2, 0.25) is 5.82 Å². The van der Waals surface area contributed by atoms with Crippen LogP contribution in [0.1, 0.15) is 56.5 Å². The summed E-state index contributed by atoms with van der Waals surface area (Å²) in [7, 11) is 0. The first-order valence-corrected chi connectivity index (χ1v) is 6.78. The molecule has 1 saturated carbocycles. The maximum Gasteiger partial charge on any atom is 0.293 e. The average Bonchev–Trinajstić information content (AvgIpc) is 2.73. The van der Waals surface area contributed by atoms with E-state index in [9.17, 15) is 4.79 Å². The van der Waals surface area contributed by atoms with E-state index in [1.54, 1.807) is 4.90 Å². The van der Waals surface area contributed by atoms with Gasteiger partial charge in [-0.2, -0.15) is 0 Å². The molecular formula is C13H22N4O2. The summed E-state index contributed by atoms with van der Waals surface area (Å²) in [5.74, 6) is 0.712. The Kier molecular flexibility index (Phi) is 3.89. The van der Waals surface area contributed by atoms with Gasteiger partial charge in [0.25, 0.3) is 5.91 Å². The van der Waals surface area contributed by atoms with Crippen molar-refractivity contribution in [1.29, 1.82) is 0 Å². The van der Waals surface area contributed by atoms with Crippen molar-refractivity contribution < 1.29 is 9.90 Å². The molecule has 0 unspecified atom stereocenters. The van der Waals surface area contributed by atoms with Gasteiger partial charge in [-0.15, -0.1) is 5.10 Å². The number of nitrogens with one attached hydrogen (secondary N) is 1. The van der Waals surface area contributed by atoms with E-state index in [0.29, 0.717) is 12.4 Å². The molecule has 1 fully saturated rings. The van der Waals surface area contributed by atoms with E-state index >= 15 is 0 Å². The van der Waals surface area contributed by atoms with Gasteiger partial charge in [0.1, 0.15) is 5.82 Å². The van der Waals surface area contributed by atoms with Crippen molar-refractivity contribution in [3.63, 3.8) is 0 Å². The Morgan fingerprint density at radius 1 is 1.47 bits per heavy atom. The number of hydrogen-bond donors (Lipinski definition) is 2. The van der Waals surface area contributed by atoms with E-state index in [0.717, 1.165) is 19.3 Å². The minimum Gasteiger partial charge on any atom is -0.395 e. The number of aliphatic hydroxyl groups excluding tert-OH is 1. The maximum absolute atomic E-state index is 12.4. The van der Waals surface area contributed by atoms with Crippen molar-refractivity contribution in [2.45, 2.75) is 51.5 Å². The van der Waals surface area contributed by atoms with Crippen LogP contribution in [-0.2, 0) is 5.41 Å². The Balaban J connectivity index is 2.14. The summed E-state index contributed by atoms with van der Waals surface area (Å²) in [4.78, 5) is 18.4. The highest BCUT2D eigenvalue weighted by molar-refractivity contribution is 5.90. The number of carbonyl (C=O) groups is 1. The van der Waals surface area contributed by atoms with Crippen molar-refractivity contribution in [2.75, 3.05) is 13.2 Å². The van der Waals surface area contributed by atoms with Crippen LogP contribution in [0.3, 0.4) is 0 Å². The van der Waals surface area contributed by atoms with Gasteiger partial charge < -0.3 is 10.0 Å². The molecule has 0 aliphatic heterocycles. The standard InChI is InChI=1S/C13H22N4O2/c1-13(2,3)12-14-10(15-16-12)11(19)17(7-8-18)9-5-4-6-9/h9,18H,4-8H2,1-3H3,(H,14,15,16). The first kappa shape index (κ1) is 14.0. The normalized spacial score (nSPS) is 16.2. The van der Waals surface area contributed by atoms with Crippen LogP contribution in [0.25, 0.3) is 0 Å². The van der Waals surface area contributed by atoms with Gasteiger partial charge in [-0.05, 0) is 19.3 Å². The quantitative estimate of drug-likeness (QED) is 0.854. The Morgan fingerprint density at radius 3 is 2.58 bits per heavy atom. The minimum absolute atomic E-state index is 0.0290. The summed E-state index contributed by atoms with van der Waals surface area (Å²) in [5, 5.41) is 15.9. The first-order chi connectivity index (χ1) is 8.93. The summed E-state index contributed by atoms with van der Waals surface area (Å²) in [6.45, 7) is 6.36. The molecule has 0 spiro atoms. The molecule has 2 rings (SSSR count). The molecule has 6 heteroatoms. The Bertz CT molecular complexity index is 446. The number of aromatic nitrogens is 3. The fourth-order valence-corrected chi connectivity index (χ4v) is 2.08. The van der Waals surface area contributed by atoms with Crippen LogP contribution in [-0.4, -0.2) is 50.3 Å². The fraction of sp³-hybridized carbons (Fsp3) is 0.769. The van der Waals surface area contributed by atoms with E-state index < -0.39 is 0 Å². The van der Waals surface area contributed by atoms with Crippen LogP contribution in [0.2, 0.25) is 0 Å². The van der Waals surface area contributed by atoms with Gasteiger partial charge in [0.15, 0.2) is 0 Å². The van der Waals surface area contributed by atoms with Crippen LogP contribution in [0.15, 0.2) is 0 Å². The van der Waals surface area contributed by atoms with E-state index in [2.05, 4.69) is 15.2 Å². The molecule has 0 saturated heterocycles. The van der Waals surface area contributed by atoms with Gasteiger partial charge in [0, 0.05) is 18.0 Å². The Morgan fingerprint density at radius 2 is 2.16 bits per heavy atom. The molecular weight excluding hydrogens is 244 g/mol. The zero-order chi connectivity index (χ0) is 14.0. The lowest BCUT2D eigenvalue weighted by Crippen LogP contribution is -2.46. The smallest absolute Gasteiger partial charge is 0.293 e. The molecule has 2 N–H and O–H groups in total. The van der Waals surface area contributed by atoms with Gasteiger partial charge in [0.05, 0.1) is 6.61 Å². The maximum atomic E-state index is 12.4. The number of nitrogens with zero attached hydrogens (tertiary/aromatic N) is 3. The number of aromatic amines is 1. The zero-order valence-electron chi connectivity index (χ0n) is 11.8. The lowest BCUT2D eigenvalue weighted by molar-refractivity contribution is 0.0514. The second-order valence-electron chi connectivity index (χ2n) is 6.06. The summed E-state index contributed by atoms with van der Waals surface area (Å²) in [5.41, 5.74) is -0.163. The topological polar surface area (TPSA) is 82.1 Å². The van der Waals surface area contributed by atoms with Gasteiger partial charge in [-0.3, -0.25) is 9.89 Å². The molecule has 106 valence electrons. The first-order valence-electron chi connectivity index (χ1n) is 6.78. The van der Waals surface area contributed by atoms with Gasteiger partial charge in [-0.1, -0.05) is 20.8 Å². The average molecular weight is 266 g/mol. The van der Waals surface area contributed by atoms with Crippen LogP contribution in [0, 0.1) is 0 Å². The van der Waals surface area contributed by atoms with Crippen molar-refractivity contribution in [1.82, 2.24) is 20.1 Å². The summed E-state index contributed by atoms with van der Waals surface area (Å²) >= 11 is 0. The van der Waals surface area contributed by atoms with E-state index in [1.165, 1.54) is 0 Å².